The molecule has 2 aromatic carbocycles. The molecule has 0 aromatic heterocycles. The number of methoxy groups -OCH3 is 1. The SMILES string of the molecule is COc1cccc(C=Nc2ccc(Cl)cc2)c1O[C@@H](C)C(=O)O. The molecule has 0 aliphatic heterocycles. The second-order valence-electron chi connectivity index (χ2n) is 4.71. The lowest BCUT2D eigenvalue weighted by atomic mass is 10.2. The fourth-order valence-electron chi connectivity index (χ4n) is 1.82. The lowest BCUT2D eigenvalue weighted by Crippen LogP contribution is -2.23. The lowest BCUT2D eigenvalue weighted by Gasteiger charge is -2.15. The maximum atomic E-state index is 11.0. The monoisotopic (exact) mass is 333 g/mol. The van der Waals surface area contributed by atoms with E-state index in [0.717, 1.165) is 5.69 Å². The van der Waals surface area contributed by atoms with E-state index in [1.807, 2.05) is 0 Å². The third kappa shape index (κ3) is 4.47. The van der Waals surface area contributed by atoms with Gasteiger partial charge in [0.1, 0.15) is 0 Å². The number of ether oxygens (including phenoxy) is 2. The highest BCUT2D eigenvalue weighted by atomic mass is 35.5. The molecule has 0 radical (unpaired) electrons. The quantitative estimate of drug-likeness (QED) is 0.813. The van der Waals surface area contributed by atoms with Crippen LogP contribution in [0.3, 0.4) is 0 Å². The fraction of sp³-hybridized carbons (Fsp3) is 0.176. The largest absolute Gasteiger partial charge is 0.493 e. The minimum Gasteiger partial charge on any atom is -0.493 e. The van der Waals surface area contributed by atoms with Gasteiger partial charge in [-0.1, -0.05) is 17.7 Å². The number of hydrogen-bond donors (Lipinski definition) is 1. The zero-order valence-corrected chi connectivity index (χ0v) is 13.4. The molecule has 23 heavy (non-hydrogen) atoms. The maximum absolute atomic E-state index is 11.0. The van der Waals surface area contributed by atoms with E-state index >= 15 is 0 Å². The summed E-state index contributed by atoms with van der Waals surface area (Å²) >= 11 is 5.84. The number of carbonyl (C=O) groups is 1. The van der Waals surface area contributed by atoms with Crippen LogP contribution in [0.1, 0.15) is 12.5 Å². The second-order valence-corrected chi connectivity index (χ2v) is 5.15. The van der Waals surface area contributed by atoms with Crippen molar-refractivity contribution in [3.8, 4) is 11.5 Å². The van der Waals surface area contributed by atoms with Gasteiger partial charge in [-0.05, 0) is 43.3 Å². The highest BCUT2D eigenvalue weighted by molar-refractivity contribution is 6.30. The molecule has 6 heteroatoms. The standard InChI is InChI=1S/C17H16ClNO4/c1-11(17(20)21)23-16-12(4-3-5-15(16)22-2)10-19-14-8-6-13(18)7-9-14/h3-11H,1-2H3,(H,20,21)/t11-/m0/s1. The van der Waals surface area contributed by atoms with Crippen molar-refractivity contribution in [1.82, 2.24) is 0 Å². The first kappa shape index (κ1) is 16.8. The summed E-state index contributed by atoms with van der Waals surface area (Å²) in [6.45, 7) is 1.45. The number of nitrogens with zero attached hydrogens (tertiary/aromatic N) is 1. The highest BCUT2D eigenvalue weighted by Crippen LogP contribution is 2.31. The van der Waals surface area contributed by atoms with Crippen molar-refractivity contribution in [3.05, 3.63) is 53.1 Å². The third-order valence-corrected chi connectivity index (χ3v) is 3.30. The van der Waals surface area contributed by atoms with Gasteiger partial charge in [0.05, 0.1) is 12.8 Å². The Kier molecular flexibility index (Phi) is 5.60. The Morgan fingerprint density at radius 3 is 2.57 bits per heavy atom. The summed E-state index contributed by atoms with van der Waals surface area (Å²) in [5.41, 5.74) is 1.34. The van der Waals surface area contributed by atoms with Crippen molar-refractivity contribution in [2.24, 2.45) is 4.99 Å². The minimum absolute atomic E-state index is 0.336. The van der Waals surface area contributed by atoms with E-state index in [2.05, 4.69) is 4.99 Å². The Balaban J connectivity index is 2.33. The number of carboxylic acid groups (broad SMARTS) is 1. The number of benzene rings is 2. The van der Waals surface area contributed by atoms with Crippen LogP contribution in [-0.4, -0.2) is 30.5 Å². The molecule has 0 saturated heterocycles. The molecular weight excluding hydrogens is 318 g/mol. The summed E-state index contributed by atoms with van der Waals surface area (Å²) in [6.07, 6.45) is 0.587. The van der Waals surface area contributed by atoms with Gasteiger partial charge in [0, 0.05) is 16.8 Å². The zero-order chi connectivity index (χ0) is 16.8. The van der Waals surface area contributed by atoms with Crippen LogP contribution in [-0.2, 0) is 4.79 Å². The van der Waals surface area contributed by atoms with E-state index in [1.54, 1.807) is 48.7 Å². The van der Waals surface area contributed by atoms with E-state index in [9.17, 15) is 4.79 Å². The van der Waals surface area contributed by atoms with Gasteiger partial charge in [0.15, 0.2) is 17.6 Å². The first-order valence-corrected chi connectivity index (χ1v) is 7.25. The molecule has 0 aliphatic rings. The van der Waals surface area contributed by atoms with E-state index in [0.29, 0.717) is 22.1 Å². The van der Waals surface area contributed by atoms with E-state index in [1.165, 1.54) is 14.0 Å². The van der Waals surface area contributed by atoms with Crippen LogP contribution in [0.15, 0.2) is 47.5 Å². The lowest BCUT2D eigenvalue weighted by molar-refractivity contribution is -0.144. The molecule has 120 valence electrons. The van der Waals surface area contributed by atoms with Crippen molar-refractivity contribution in [2.75, 3.05) is 7.11 Å². The van der Waals surface area contributed by atoms with Gasteiger partial charge in [0.2, 0.25) is 0 Å². The molecule has 0 heterocycles. The van der Waals surface area contributed by atoms with E-state index in [4.69, 9.17) is 26.2 Å². The summed E-state index contributed by atoms with van der Waals surface area (Å²) in [5, 5.41) is 9.65. The molecule has 2 rings (SSSR count). The number of rotatable bonds is 6. The van der Waals surface area contributed by atoms with Gasteiger partial charge in [-0.25, -0.2) is 4.79 Å². The molecule has 5 nitrogen and oxygen atoms in total. The molecule has 0 fully saturated rings. The molecule has 0 spiro atoms. The topological polar surface area (TPSA) is 68.1 Å². The normalized spacial score (nSPS) is 12.1. The number of halogens is 1. The molecule has 0 aliphatic carbocycles. The van der Waals surface area contributed by atoms with Crippen LogP contribution in [0.5, 0.6) is 11.5 Å². The fourth-order valence-corrected chi connectivity index (χ4v) is 1.95. The minimum atomic E-state index is -1.06. The van der Waals surface area contributed by atoms with E-state index < -0.39 is 12.1 Å². The second kappa shape index (κ2) is 7.65. The van der Waals surface area contributed by atoms with Gasteiger partial charge < -0.3 is 14.6 Å². The Labute approximate surface area is 139 Å². The predicted octanol–water partition coefficient (Wildman–Crippen LogP) is 3.95. The van der Waals surface area contributed by atoms with Gasteiger partial charge in [-0.15, -0.1) is 0 Å². The van der Waals surface area contributed by atoms with Crippen LogP contribution in [0.2, 0.25) is 5.02 Å². The van der Waals surface area contributed by atoms with Crippen LogP contribution in [0, 0.1) is 0 Å². The summed E-state index contributed by atoms with van der Waals surface area (Å²) in [6, 6.07) is 12.3. The number of aliphatic imine (C=N–C) groups is 1. The average molecular weight is 334 g/mol. The van der Waals surface area contributed by atoms with Crippen LogP contribution in [0.4, 0.5) is 5.69 Å². The molecule has 1 N–H and O–H groups in total. The predicted molar refractivity (Wildman–Crippen MR) is 89.4 cm³/mol. The third-order valence-electron chi connectivity index (χ3n) is 3.05. The molecule has 0 saturated carbocycles. The maximum Gasteiger partial charge on any atom is 0.344 e. The van der Waals surface area contributed by atoms with Crippen molar-refractivity contribution in [2.45, 2.75) is 13.0 Å². The molecule has 2 aromatic rings. The number of aliphatic carboxylic acids is 1. The molecule has 0 unspecified atom stereocenters. The van der Waals surface area contributed by atoms with Gasteiger partial charge in [-0.3, -0.25) is 4.99 Å². The summed E-state index contributed by atoms with van der Waals surface area (Å²) in [5.74, 6) is -0.280. The molecule has 0 bridgehead atoms. The molecular formula is C17H16ClNO4. The Bertz CT molecular complexity index is 713. The Morgan fingerprint density at radius 2 is 1.96 bits per heavy atom. The highest BCUT2D eigenvalue weighted by Gasteiger charge is 2.17. The summed E-state index contributed by atoms with van der Waals surface area (Å²) < 4.78 is 10.7. The smallest absolute Gasteiger partial charge is 0.344 e. The zero-order valence-electron chi connectivity index (χ0n) is 12.7. The number of hydrogen-bond acceptors (Lipinski definition) is 4. The van der Waals surface area contributed by atoms with Crippen molar-refractivity contribution < 1.29 is 19.4 Å². The molecule has 1 atom stereocenters. The van der Waals surface area contributed by atoms with Gasteiger partial charge in [0.25, 0.3) is 0 Å². The first-order valence-electron chi connectivity index (χ1n) is 6.87. The summed E-state index contributed by atoms with van der Waals surface area (Å²) in [7, 11) is 1.49. The van der Waals surface area contributed by atoms with Crippen molar-refractivity contribution in [1.29, 1.82) is 0 Å². The Hall–Kier alpha value is -2.53. The van der Waals surface area contributed by atoms with Crippen LogP contribution in [0.25, 0.3) is 0 Å². The van der Waals surface area contributed by atoms with Crippen molar-refractivity contribution >= 4 is 29.5 Å². The Morgan fingerprint density at radius 1 is 1.26 bits per heavy atom. The van der Waals surface area contributed by atoms with Crippen LogP contribution < -0.4 is 9.47 Å². The molecule has 0 amide bonds. The van der Waals surface area contributed by atoms with Gasteiger partial charge in [-0.2, -0.15) is 0 Å². The summed E-state index contributed by atoms with van der Waals surface area (Å²) in [4.78, 5) is 15.4. The van der Waals surface area contributed by atoms with Crippen molar-refractivity contribution in [3.63, 3.8) is 0 Å². The van der Waals surface area contributed by atoms with Crippen LogP contribution >= 0.6 is 11.6 Å². The first-order chi connectivity index (χ1) is 11.0. The number of para-hydroxylation sites is 1. The number of carboxylic acids is 1. The average Bonchev–Trinajstić information content (AvgIpc) is 2.55. The van der Waals surface area contributed by atoms with E-state index in [-0.39, 0.29) is 0 Å². The van der Waals surface area contributed by atoms with Gasteiger partial charge >= 0.3 is 5.97 Å².